The molecule has 0 radical (unpaired) electrons. The standard InChI is InChI=1S/C18H25NO5/c1-13(14-3-5-15(23-2)6-4-14)11-16(20)19-12-18(17(21)22)7-9-24-10-8-18/h3-6,13H,7-12H2,1-2H3,(H,19,20)(H,21,22). The Balaban J connectivity index is 1.88. The highest BCUT2D eigenvalue weighted by atomic mass is 16.5. The summed E-state index contributed by atoms with van der Waals surface area (Å²) in [6, 6.07) is 7.61. The summed E-state index contributed by atoms with van der Waals surface area (Å²) in [4.78, 5) is 23.8. The Bertz CT molecular complexity index is 563. The summed E-state index contributed by atoms with van der Waals surface area (Å²) >= 11 is 0. The van der Waals surface area contributed by atoms with Gasteiger partial charge in [0.1, 0.15) is 5.75 Å². The van der Waals surface area contributed by atoms with Gasteiger partial charge < -0.3 is 19.9 Å². The van der Waals surface area contributed by atoms with E-state index in [1.165, 1.54) is 0 Å². The number of benzene rings is 1. The molecular weight excluding hydrogens is 310 g/mol. The first kappa shape index (κ1) is 18.3. The highest BCUT2D eigenvalue weighted by Gasteiger charge is 2.40. The van der Waals surface area contributed by atoms with Crippen molar-refractivity contribution in [3.05, 3.63) is 29.8 Å². The lowest BCUT2D eigenvalue weighted by Gasteiger charge is -2.33. The van der Waals surface area contributed by atoms with E-state index in [2.05, 4.69) is 5.32 Å². The first-order valence-electron chi connectivity index (χ1n) is 8.18. The molecule has 1 aromatic carbocycles. The zero-order valence-corrected chi connectivity index (χ0v) is 14.2. The molecule has 0 spiro atoms. The molecule has 24 heavy (non-hydrogen) atoms. The van der Waals surface area contributed by atoms with Crippen molar-refractivity contribution < 1.29 is 24.2 Å². The predicted octanol–water partition coefficient (Wildman–Crippen LogP) is 2.19. The quantitative estimate of drug-likeness (QED) is 0.798. The van der Waals surface area contributed by atoms with Crippen molar-refractivity contribution >= 4 is 11.9 Å². The number of carbonyl (C=O) groups excluding carboxylic acids is 1. The van der Waals surface area contributed by atoms with Gasteiger partial charge in [-0.2, -0.15) is 0 Å². The molecule has 1 aliphatic rings. The second kappa shape index (κ2) is 8.15. The molecule has 6 nitrogen and oxygen atoms in total. The summed E-state index contributed by atoms with van der Waals surface area (Å²) in [6.07, 6.45) is 1.17. The Morgan fingerprint density at radius 2 is 1.92 bits per heavy atom. The van der Waals surface area contributed by atoms with Crippen LogP contribution in [0.2, 0.25) is 0 Å². The lowest BCUT2D eigenvalue weighted by Crippen LogP contribution is -2.46. The SMILES string of the molecule is COc1ccc(C(C)CC(=O)NCC2(C(=O)O)CCOCC2)cc1. The molecule has 1 saturated heterocycles. The van der Waals surface area contributed by atoms with Crippen LogP contribution in [0.25, 0.3) is 0 Å². The van der Waals surface area contributed by atoms with Gasteiger partial charge in [0.15, 0.2) is 0 Å². The summed E-state index contributed by atoms with van der Waals surface area (Å²) < 4.78 is 10.4. The van der Waals surface area contributed by atoms with Crippen LogP contribution in [-0.4, -0.2) is 43.9 Å². The maximum atomic E-state index is 12.2. The van der Waals surface area contributed by atoms with Gasteiger partial charge in [-0.15, -0.1) is 0 Å². The number of nitrogens with one attached hydrogen (secondary N) is 1. The van der Waals surface area contributed by atoms with Crippen molar-refractivity contribution in [1.29, 1.82) is 0 Å². The van der Waals surface area contributed by atoms with E-state index in [1.54, 1.807) is 7.11 Å². The molecule has 0 aromatic heterocycles. The van der Waals surface area contributed by atoms with Crippen LogP contribution in [0.5, 0.6) is 5.75 Å². The number of carboxylic acids is 1. The van der Waals surface area contributed by atoms with E-state index in [1.807, 2.05) is 31.2 Å². The Labute approximate surface area is 142 Å². The lowest BCUT2D eigenvalue weighted by atomic mass is 9.80. The van der Waals surface area contributed by atoms with Gasteiger partial charge in [0, 0.05) is 26.2 Å². The normalized spacial score (nSPS) is 17.8. The summed E-state index contributed by atoms with van der Waals surface area (Å²) in [5.41, 5.74) is 0.141. The zero-order valence-electron chi connectivity index (χ0n) is 14.2. The van der Waals surface area contributed by atoms with Gasteiger partial charge >= 0.3 is 5.97 Å². The Morgan fingerprint density at radius 3 is 2.46 bits per heavy atom. The molecule has 1 heterocycles. The monoisotopic (exact) mass is 335 g/mol. The number of ether oxygens (including phenoxy) is 2. The molecule has 1 atom stereocenters. The van der Waals surface area contributed by atoms with Gasteiger partial charge in [0.2, 0.25) is 5.91 Å². The molecule has 1 amide bonds. The van der Waals surface area contributed by atoms with Gasteiger partial charge in [-0.25, -0.2) is 0 Å². The maximum Gasteiger partial charge on any atom is 0.311 e. The lowest BCUT2D eigenvalue weighted by molar-refractivity contribution is -0.154. The van der Waals surface area contributed by atoms with E-state index in [0.29, 0.717) is 32.5 Å². The van der Waals surface area contributed by atoms with E-state index >= 15 is 0 Å². The predicted molar refractivity (Wildman–Crippen MR) is 89.2 cm³/mol. The van der Waals surface area contributed by atoms with Crippen LogP contribution >= 0.6 is 0 Å². The minimum atomic E-state index is -0.905. The van der Waals surface area contributed by atoms with E-state index < -0.39 is 11.4 Å². The molecule has 132 valence electrons. The van der Waals surface area contributed by atoms with Crippen LogP contribution in [0.4, 0.5) is 0 Å². The number of carboxylic acid groups (broad SMARTS) is 1. The molecular formula is C18H25NO5. The fraction of sp³-hybridized carbons (Fsp3) is 0.556. The first-order valence-corrected chi connectivity index (χ1v) is 8.18. The molecule has 2 N–H and O–H groups in total. The Kier molecular flexibility index (Phi) is 6.20. The van der Waals surface area contributed by atoms with E-state index in [9.17, 15) is 14.7 Å². The van der Waals surface area contributed by atoms with Crippen LogP contribution in [-0.2, 0) is 14.3 Å². The summed E-state index contributed by atoms with van der Waals surface area (Å²) in [5.74, 6) is -0.176. The average molecular weight is 335 g/mol. The second-order valence-corrected chi connectivity index (χ2v) is 6.35. The number of amides is 1. The third-order valence-corrected chi connectivity index (χ3v) is 4.70. The summed E-state index contributed by atoms with van der Waals surface area (Å²) in [7, 11) is 1.61. The molecule has 2 rings (SSSR count). The van der Waals surface area contributed by atoms with Crippen LogP contribution in [0.1, 0.15) is 37.7 Å². The second-order valence-electron chi connectivity index (χ2n) is 6.35. The number of aliphatic carboxylic acids is 1. The minimum Gasteiger partial charge on any atom is -0.497 e. The van der Waals surface area contributed by atoms with Crippen LogP contribution in [0.15, 0.2) is 24.3 Å². The molecule has 0 aliphatic carbocycles. The molecule has 1 fully saturated rings. The summed E-state index contributed by atoms with van der Waals surface area (Å²) in [6.45, 7) is 2.97. The van der Waals surface area contributed by atoms with Crippen molar-refractivity contribution in [1.82, 2.24) is 5.32 Å². The van der Waals surface area contributed by atoms with Gasteiger partial charge in [-0.1, -0.05) is 19.1 Å². The number of methoxy groups -OCH3 is 1. The van der Waals surface area contributed by atoms with Crippen molar-refractivity contribution in [2.45, 2.75) is 32.1 Å². The molecule has 0 bridgehead atoms. The van der Waals surface area contributed by atoms with Crippen molar-refractivity contribution in [2.75, 3.05) is 26.9 Å². The van der Waals surface area contributed by atoms with E-state index in [0.717, 1.165) is 11.3 Å². The molecule has 0 saturated carbocycles. The Hall–Kier alpha value is -2.08. The number of hydrogen-bond acceptors (Lipinski definition) is 4. The molecule has 6 heteroatoms. The molecule has 1 unspecified atom stereocenters. The van der Waals surface area contributed by atoms with Crippen molar-refractivity contribution in [3.63, 3.8) is 0 Å². The van der Waals surface area contributed by atoms with Crippen molar-refractivity contribution in [3.8, 4) is 5.75 Å². The van der Waals surface area contributed by atoms with Gasteiger partial charge in [0.05, 0.1) is 12.5 Å². The van der Waals surface area contributed by atoms with Gasteiger partial charge in [-0.05, 0) is 36.5 Å². The average Bonchev–Trinajstić information content (AvgIpc) is 2.60. The van der Waals surface area contributed by atoms with E-state index in [4.69, 9.17) is 9.47 Å². The highest BCUT2D eigenvalue weighted by molar-refractivity contribution is 5.79. The van der Waals surface area contributed by atoms with Gasteiger partial charge in [-0.3, -0.25) is 9.59 Å². The smallest absolute Gasteiger partial charge is 0.311 e. The molecule has 1 aliphatic heterocycles. The largest absolute Gasteiger partial charge is 0.497 e. The fourth-order valence-electron chi connectivity index (χ4n) is 2.90. The van der Waals surface area contributed by atoms with Crippen LogP contribution in [0.3, 0.4) is 0 Å². The Morgan fingerprint density at radius 1 is 1.29 bits per heavy atom. The van der Waals surface area contributed by atoms with Gasteiger partial charge in [0.25, 0.3) is 0 Å². The number of hydrogen-bond donors (Lipinski definition) is 2. The van der Waals surface area contributed by atoms with Crippen LogP contribution < -0.4 is 10.1 Å². The third-order valence-electron chi connectivity index (χ3n) is 4.70. The summed E-state index contributed by atoms with van der Waals surface area (Å²) in [5, 5.41) is 12.3. The third kappa shape index (κ3) is 4.47. The fourth-order valence-corrected chi connectivity index (χ4v) is 2.90. The zero-order chi connectivity index (χ0) is 17.6. The van der Waals surface area contributed by atoms with Crippen LogP contribution in [0, 0.1) is 5.41 Å². The topological polar surface area (TPSA) is 84.9 Å². The van der Waals surface area contributed by atoms with E-state index in [-0.39, 0.29) is 18.4 Å². The number of rotatable bonds is 7. The maximum absolute atomic E-state index is 12.2. The first-order chi connectivity index (χ1) is 11.5. The molecule has 1 aromatic rings. The minimum absolute atomic E-state index is 0.0476. The number of carbonyl (C=O) groups is 2. The highest BCUT2D eigenvalue weighted by Crippen LogP contribution is 2.30. The van der Waals surface area contributed by atoms with Crippen molar-refractivity contribution in [2.24, 2.45) is 5.41 Å².